The van der Waals surface area contributed by atoms with Gasteiger partial charge in [0.05, 0.1) is 12.7 Å². The molecule has 4 rings (SSSR count). The number of carbonyl (C=O) groups excluding carboxylic acids is 1. The number of hydrogen-bond donors (Lipinski definition) is 2. The molecule has 0 spiro atoms. The van der Waals surface area contributed by atoms with Crippen LogP contribution in [0.2, 0.25) is 0 Å². The fourth-order valence-corrected chi connectivity index (χ4v) is 4.61. The monoisotopic (exact) mass is 452 g/mol. The fraction of sp³-hybridized carbons (Fsp3) is 0.480. The third kappa shape index (κ3) is 4.47. The van der Waals surface area contributed by atoms with Gasteiger partial charge in [0.2, 0.25) is 5.91 Å². The molecule has 2 aromatic heterocycles. The number of anilines is 2. The molecule has 1 amide bonds. The van der Waals surface area contributed by atoms with E-state index in [9.17, 15) is 14.4 Å². The van der Waals surface area contributed by atoms with Gasteiger partial charge in [0.1, 0.15) is 11.4 Å². The molecule has 0 radical (unpaired) electrons. The molecule has 1 aliphatic rings. The molecule has 2 heterocycles. The van der Waals surface area contributed by atoms with Gasteiger partial charge in [-0.05, 0) is 54.9 Å². The summed E-state index contributed by atoms with van der Waals surface area (Å²) in [5.41, 5.74) is 9.33. The number of aromatic nitrogens is 2. The van der Waals surface area contributed by atoms with Crippen molar-refractivity contribution >= 4 is 28.4 Å². The van der Waals surface area contributed by atoms with Gasteiger partial charge < -0.3 is 15.1 Å². The number of aryl methyl sites for hydroxylation is 2. The molecule has 0 saturated carbocycles. The lowest BCUT2D eigenvalue weighted by Crippen LogP contribution is -2.42. The van der Waals surface area contributed by atoms with E-state index in [4.69, 9.17) is 10.2 Å². The van der Waals surface area contributed by atoms with E-state index in [0.717, 1.165) is 42.2 Å². The number of nitrogens with zero attached hydrogens (tertiary/aromatic N) is 2. The highest BCUT2D eigenvalue weighted by Crippen LogP contribution is 2.31. The first-order chi connectivity index (χ1) is 15.8. The largest absolute Gasteiger partial charge is 0.464 e. The number of H-pyrrole nitrogens is 1. The minimum absolute atomic E-state index is 0.0248. The van der Waals surface area contributed by atoms with Crippen molar-refractivity contribution in [2.45, 2.75) is 65.8 Å². The molecule has 176 valence electrons. The minimum atomic E-state index is -0.642. The lowest BCUT2D eigenvalue weighted by atomic mass is 10.0. The van der Waals surface area contributed by atoms with Crippen molar-refractivity contribution < 1.29 is 9.21 Å². The zero-order chi connectivity index (χ0) is 23.7. The van der Waals surface area contributed by atoms with Crippen LogP contribution in [0.1, 0.15) is 56.7 Å². The Labute approximate surface area is 192 Å². The maximum atomic E-state index is 13.5. The van der Waals surface area contributed by atoms with Crippen molar-refractivity contribution in [3.8, 4) is 0 Å². The van der Waals surface area contributed by atoms with E-state index in [1.807, 2.05) is 20.8 Å². The first kappa shape index (κ1) is 22.9. The number of aromatic amines is 1. The maximum absolute atomic E-state index is 13.5. The lowest BCUT2D eigenvalue weighted by Gasteiger charge is -2.25. The van der Waals surface area contributed by atoms with Crippen molar-refractivity contribution in [2.24, 2.45) is 5.92 Å². The van der Waals surface area contributed by atoms with Gasteiger partial charge in [-0.2, -0.15) is 0 Å². The van der Waals surface area contributed by atoms with Crippen LogP contribution in [-0.4, -0.2) is 22.0 Å². The van der Waals surface area contributed by atoms with E-state index in [1.165, 1.54) is 20.6 Å². The number of carbonyl (C=O) groups is 1. The fourth-order valence-electron chi connectivity index (χ4n) is 4.61. The van der Waals surface area contributed by atoms with Gasteiger partial charge in [0, 0.05) is 24.0 Å². The normalized spacial score (nSPS) is 13.1. The predicted molar refractivity (Wildman–Crippen MR) is 130 cm³/mol. The molecule has 0 aliphatic heterocycles. The van der Waals surface area contributed by atoms with Crippen LogP contribution in [0.5, 0.6) is 0 Å². The Balaban J connectivity index is 1.72. The summed E-state index contributed by atoms with van der Waals surface area (Å²) in [5, 5.41) is 0.936. The van der Waals surface area contributed by atoms with Crippen molar-refractivity contribution in [1.29, 1.82) is 0 Å². The molecule has 0 atom stereocenters. The molecular formula is C25H32N4O4. The van der Waals surface area contributed by atoms with Crippen LogP contribution in [-0.2, 0) is 30.6 Å². The smallest absolute Gasteiger partial charge is 0.330 e. The maximum Gasteiger partial charge on any atom is 0.330 e. The summed E-state index contributed by atoms with van der Waals surface area (Å²) in [6, 6.07) is 4.20. The summed E-state index contributed by atoms with van der Waals surface area (Å²) in [6.07, 6.45) is 6.48. The van der Waals surface area contributed by atoms with Gasteiger partial charge in [-0.1, -0.05) is 27.2 Å². The highest BCUT2D eigenvalue weighted by molar-refractivity contribution is 5.99. The Morgan fingerprint density at radius 2 is 1.97 bits per heavy atom. The highest BCUT2D eigenvalue weighted by Gasteiger charge is 2.25. The van der Waals surface area contributed by atoms with Crippen LogP contribution in [0.3, 0.4) is 0 Å². The van der Waals surface area contributed by atoms with Gasteiger partial charge in [0.25, 0.3) is 5.56 Å². The summed E-state index contributed by atoms with van der Waals surface area (Å²) < 4.78 is 7.10. The standard InChI is InChI=1S/C25H32N4O4/c1-4-5-9-28(22-23(26)29(13-15(2)3)25(32)27-24(22)31)21(30)12-18-14-33-20-11-17-8-6-7-16(17)10-19(18)20/h10-11,14-15H,4-9,12-13,26H2,1-3H3,(H,27,31,32). The number of nitrogens with one attached hydrogen (secondary N) is 1. The number of unbranched alkanes of at least 4 members (excludes halogenated alkanes) is 1. The van der Waals surface area contributed by atoms with Crippen LogP contribution >= 0.6 is 0 Å². The number of amides is 1. The number of rotatable bonds is 8. The average Bonchev–Trinajstić information content (AvgIpc) is 3.38. The Kier molecular flexibility index (Phi) is 6.44. The van der Waals surface area contributed by atoms with Crippen LogP contribution < -0.4 is 21.9 Å². The van der Waals surface area contributed by atoms with E-state index >= 15 is 0 Å². The van der Waals surface area contributed by atoms with E-state index in [1.54, 1.807) is 6.26 Å². The molecule has 3 aromatic rings. The molecule has 3 N–H and O–H groups in total. The number of hydrogen-bond acceptors (Lipinski definition) is 5. The Hall–Kier alpha value is -3.29. The lowest BCUT2D eigenvalue weighted by molar-refractivity contribution is -0.118. The molecule has 0 bridgehead atoms. The second-order valence-electron chi connectivity index (χ2n) is 9.30. The highest BCUT2D eigenvalue weighted by atomic mass is 16.3. The van der Waals surface area contributed by atoms with Crippen molar-refractivity contribution in [3.63, 3.8) is 0 Å². The first-order valence-corrected chi connectivity index (χ1v) is 11.7. The van der Waals surface area contributed by atoms with Crippen molar-refractivity contribution in [1.82, 2.24) is 9.55 Å². The molecule has 0 fully saturated rings. The van der Waals surface area contributed by atoms with E-state index in [2.05, 4.69) is 17.1 Å². The molecule has 8 nitrogen and oxygen atoms in total. The SMILES string of the molecule is CCCCN(C(=O)Cc1coc2cc3c(cc12)CCC3)c1c(N)n(CC(C)C)c(=O)[nH]c1=O. The van der Waals surface area contributed by atoms with Gasteiger partial charge in [-0.25, -0.2) is 4.79 Å². The van der Waals surface area contributed by atoms with Crippen LogP contribution in [0.15, 0.2) is 32.4 Å². The van der Waals surface area contributed by atoms with Gasteiger partial charge in [0.15, 0.2) is 5.69 Å². The topological polar surface area (TPSA) is 114 Å². The van der Waals surface area contributed by atoms with Crippen molar-refractivity contribution in [3.05, 3.63) is 55.9 Å². The minimum Gasteiger partial charge on any atom is -0.464 e. The molecule has 1 aromatic carbocycles. The second-order valence-corrected chi connectivity index (χ2v) is 9.30. The van der Waals surface area contributed by atoms with Crippen molar-refractivity contribution in [2.75, 3.05) is 17.2 Å². The molecular weight excluding hydrogens is 420 g/mol. The Bertz CT molecular complexity index is 1300. The summed E-state index contributed by atoms with van der Waals surface area (Å²) in [7, 11) is 0. The molecule has 8 heteroatoms. The van der Waals surface area contributed by atoms with E-state index in [0.29, 0.717) is 19.5 Å². The number of benzene rings is 1. The third-order valence-electron chi connectivity index (χ3n) is 6.28. The molecule has 0 unspecified atom stereocenters. The zero-order valence-corrected chi connectivity index (χ0v) is 19.6. The van der Waals surface area contributed by atoms with Crippen LogP contribution in [0.25, 0.3) is 11.0 Å². The summed E-state index contributed by atoms with van der Waals surface area (Å²) >= 11 is 0. The van der Waals surface area contributed by atoms with Gasteiger partial charge >= 0.3 is 5.69 Å². The second kappa shape index (κ2) is 9.29. The molecule has 1 aliphatic carbocycles. The number of nitrogen functional groups attached to an aromatic ring is 1. The molecule has 33 heavy (non-hydrogen) atoms. The summed E-state index contributed by atoms with van der Waals surface area (Å²) in [4.78, 5) is 42.4. The summed E-state index contributed by atoms with van der Waals surface area (Å²) in [5.74, 6) is -0.0852. The number of nitrogens with two attached hydrogens (primary N) is 1. The van der Waals surface area contributed by atoms with E-state index < -0.39 is 11.2 Å². The van der Waals surface area contributed by atoms with Crippen LogP contribution in [0, 0.1) is 5.92 Å². The number of fused-ring (bicyclic) bond motifs is 2. The third-order valence-corrected chi connectivity index (χ3v) is 6.28. The zero-order valence-electron chi connectivity index (χ0n) is 19.6. The van der Waals surface area contributed by atoms with E-state index in [-0.39, 0.29) is 29.8 Å². The van der Waals surface area contributed by atoms with Gasteiger partial charge in [-0.15, -0.1) is 0 Å². The average molecular weight is 453 g/mol. The Morgan fingerprint density at radius 1 is 1.24 bits per heavy atom. The number of furan rings is 1. The Morgan fingerprint density at radius 3 is 2.67 bits per heavy atom. The quantitative estimate of drug-likeness (QED) is 0.544. The van der Waals surface area contributed by atoms with Crippen LogP contribution in [0.4, 0.5) is 11.5 Å². The van der Waals surface area contributed by atoms with Gasteiger partial charge in [-0.3, -0.25) is 19.1 Å². The first-order valence-electron chi connectivity index (χ1n) is 11.7. The molecule has 0 saturated heterocycles. The summed E-state index contributed by atoms with van der Waals surface area (Å²) in [6.45, 7) is 6.62. The predicted octanol–water partition coefficient (Wildman–Crippen LogP) is 3.39.